The number of aromatic nitrogens is 2. The Morgan fingerprint density at radius 2 is 2.38 bits per heavy atom. The van der Waals surface area contributed by atoms with Gasteiger partial charge in [-0.05, 0) is 19.4 Å². The SMILES string of the molecule is COCC(CCO)NC(C)c1ccnn1C. The number of ether oxygens (including phenoxy) is 1. The monoisotopic (exact) mass is 227 g/mol. The standard InChI is InChI=1S/C11H21N3O2/c1-9(11-4-6-12-14(11)2)13-10(5-7-15)8-16-3/h4,6,9-10,13,15H,5,7-8H2,1-3H3. The zero-order chi connectivity index (χ0) is 12.0. The molecule has 5 nitrogen and oxygen atoms in total. The van der Waals surface area contributed by atoms with Gasteiger partial charge in [0, 0.05) is 39.0 Å². The molecule has 0 aliphatic carbocycles. The fourth-order valence-electron chi connectivity index (χ4n) is 1.82. The molecule has 1 heterocycles. The quantitative estimate of drug-likeness (QED) is 0.711. The van der Waals surface area contributed by atoms with Crippen LogP contribution in [0.2, 0.25) is 0 Å². The van der Waals surface area contributed by atoms with Gasteiger partial charge in [-0.25, -0.2) is 0 Å². The van der Waals surface area contributed by atoms with Crippen molar-refractivity contribution in [2.75, 3.05) is 20.3 Å². The number of hydrogen-bond acceptors (Lipinski definition) is 4. The molecule has 0 radical (unpaired) electrons. The van der Waals surface area contributed by atoms with Crippen molar-refractivity contribution in [2.45, 2.75) is 25.4 Å². The van der Waals surface area contributed by atoms with Crippen molar-refractivity contribution in [2.24, 2.45) is 7.05 Å². The highest BCUT2D eigenvalue weighted by atomic mass is 16.5. The number of hydrogen-bond donors (Lipinski definition) is 2. The van der Waals surface area contributed by atoms with Gasteiger partial charge in [0.15, 0.2) is 0 Å². The maximum absolute atomic E-state index is 8.95. The number of aryl methyl sites for hydroxylation is 1. The zero-order valence-corrected chi connectivity index (χ0v) is 10.2. The first-order valence-corrected chi connectivity index (χ1v) is 5.52. The van der Waals surface area contributed by atoms with Gasteiger partial charge in [-0.2, -0.15) is 5.10 Å². The first-order chi connectivity index (χ1) is 7.69. The molecular formula is C11H21N3O2. The van der Waals surface area contributed by atoms with Crippen molar-refractivity contribution in [3.8, 4) is 0 Å². The van der Waals surface area contributed by atoms with Gasteiger partial charge in [0.1, 0.15) is 0 Å². The number of nitrogens with zero attached hydrogens (tertiary/aromatic N) is 2. The summed E-state index contributed by atoms with van der Waals surface area (Å²) in [5.74, 6) is 0. The van der Waals surface area contributed by atoms with Gasteiger partial charge in [-0.1, -0.05) is 0 Å². The third kappa shape index (κ3) is 3.59. The number of aliphatic hydroxyl groups excluding tert-OH is 1. The molecular weight excluding hydrogens is 206 g/mol. The summed E-state index contributed by atoms with van der Waals surface area (Å²) in [6.45, 7) is 2.85. The first-order valence-electron chi connectivity index (χ1n) is 5.52. The third-order valence-electron chi connectivity index (χ3n) is 2.63. The topological polar surface area (TPSA) is 59.3 Å². The number of rotatable bonds is 7. The molecule has 0 amide bonds. The fourth-order valence-corrected chi connectivity index (χ4v) is 1.82. The summed E-state index contributed by atoms with van der Waals surface area (Å²) in [6, 6.07) is 2.35. The Labute approximate surface area is 96.4 Å². The van der Waals surface area contributed by atoms with Crippen LogP contribution in [0.3, 0.4) is 0 Å². The Kier molecular flexibility index (Phi) is 5.45. The minimum Gasteiger partial charge on any atom is -0.396 e. The van der Waals surface area contributed by atoms with E-state index in [9.17, 15) is 0 Å². The van der Waals surface area contributed by atoms with E-state index < -0.39 is 0 Å². The molecule has 92 valence electrons. The van der Waals surface area contributed by atoms with Crippen molar-refractivity contribution in [3.63, 3.8) is 0 Å². The molecule has 2 unspecified atom stereocenters. The summed E-state index contributed by atoms with van der Waals surface area (Å²) in [4.78, 5) is 0. The van der Waals surface area contributed by atoms with Crippen molar-refractivity contribution in [1.29, 1.82) is 0 Å². The molecule has 0 spiro atoms. The van der Waals surface area contributed by atoms with Crippen molar-refractivity contribution < 1.29 is 9.84 Å². The van der Waals surface area contributed by atoms with Crippen molar-refractivity contribution >= 4 is 0 Å². The molecule has 0 fully saturated rings. The lowest BCUT2D eigenvalue weighted by atomic mass is 10.1. The van der Waals surface area contributed by atoms with Crippen LogP contribution in [0.25, 0.3) is 0 Å². The van der Waals surface area contributed by atoms with Crippen LogP contribution in [0.1, 0.15) is 25.1 Å². The molecule has 0 aliphatic rings. The van der Waals surface area contributed by atoms with E-state index in [2.05, 4.69) is 17.3 Å². The van der Waals surface area contributed by atoms with Crippen LogP contribution < -0.4 is 5.32 Å². The summed E-state index contributed by atoms with van der Waals surface area (Å²) in [6.07, 6.45) is 2.47. The summed E-state index contributed by atoms with van der Waals surface area (Å²) >= 11 is 0. The van der Waals surface area contributed by atoms with E-state index in [4.69, 9.17) is 9.84 Å². The Hall–Kier alpha value is -0.910. The Bertz CT molecular complexity index is 295. The molecule has 1 aromatic rings. The van der Waals surface area contributed by atoms with Crippen LogP contribution in [-0.2, 0) is 11.8 Å². The van der Waals surface area contributed by atoms with E-state index in [-0.39, 0.29) is 18.7 Å². The van der Waals surface area contributed by atoms with E-state index in [0.29, 0.717) is 13.0 Å². The van der Waals surface area contributed by atoms with Crippen LogP contribution in [0.5, 0.6) is 0 Å². The van der Waals surface area contributed by atoms with Crippen molar-refractivity contribution in [1.82, 2.24) is 15.1 Å². The van der Waals surface area contributed by atoms with E-state index in [1.165, 1.54) is 0 Å². The summed E-state index contributed by atoms with van der Waals surface area (Å²) in [7, 11) is 3.59. The van der Waals surface area contributed by atoms with Gasteiger partial charge in [-0.15, -0.1) is 0 Å². The largest absolute Gasteiger partial charge is 0.396 e. The van der Waals surface area contributed by atoms with E-state index in [1.807, 2.05) is 17.8 Å². The van der Waals surface area contributed by atoms with E-state index in [1.54, 1.807) is 13.3 Å². The second-order valence-corrected chi connectivity index (χ2v) is 3.93. The lowest BCUT2D eigenvalue weighted by Gasteiger charge is -2.22. The highest BCUT2D eigenvalue weighted by Crippen LogP contribution is 2.11. The van der Waals surface area contributed by atoms with Gasteiger partial charge in [0.25, 0.3) is 0 Å². The molecule has 1 rings (SSSR count). The van der Waals surface area contributed by atoms with E-state index >= 15 is 0 Å². The summed E-state index contributed by atoms with van der Waals surface area (Å²) in [5, 5.41) is 16.5. The average Bonchev–Trinajstić information content (AvgIpc) is 2.65. The second kappa shape index (κ2) is 6.62. The van der Waals surface area contributed by atoms with Gasteiger partial charge >= 0.3 is 0 Å². The molecule has 5 heteroatoms. The van der Waals surface area contributed by atoms with Crippen LogP contribution in [0.15, 0.2) is 12.3 Å². The Balaban J connectivity index is 2.54. The maximum atomic E-state index is 8.95. The normalized spacial score (nSPS) is 15.0. The number of aliphatic hydroxyl groups is 1. The Morgan fingerprint density at radius 3 is 2.88 bits per heavy atom. The predicted octanol–water partition coefficient (Wildman–Crippen LogP) is 0.468. The van der Waals surface area contributed by atoms with Crippen LogP contribution in [0.4, 0.5) is 0 Å². The van der Waals surface area contributed by atoms with Gasteiger partial charge < -0.3 is 15.2 Å². The Morgan fingerprint density at radius 1 is 1.62 bits per heavy atom. The fraction of sp³-hybridized carbons (Fsp3) is 0.727. The number of methoxy groups -OCH3 is 1. The maximum Gasteiger partial charge on any atom is 0.0616 e. The third-order valence-corrected chi connectivity index (χ3v) is 2.63. The van der Waals surface area contributed by atoms with Crippen LogP contribution in [-0.4, -0.2) is 41.3 Å². The molecule has 2 atom stereocenters. The molecule has 2 N–H and O–H groups in total. The van der Waals surface area contributed by atoms with Gasteiger partial charge in [0.05, 0.1) is 12.3 Å². The highest BCUT2D eigenvalue weighted by Gasteiger charge is 2.14. The lowest BCUT2D eigenvalue weighted by Crippen LogP contribution is -2.36. The van der Waals surface area contributed by atoms with Gasteiger partial charge in [-0.3, -0.25) is 4.68 Å². The average molecular weight is 227 g/mol. The molecule has 1 aromatic heterocycles. The summed E-state index contributed by atoms with van der Waals surface area (Å²) < 4.78 is 6.96. The zero-order valence-electron chi connectivity index (χ0n) is 10.2. The predicted molar refractivity (Wildman–Crippen MR) is 62.1 cm³/mol. The lowest BCUT2D eigenvalue weighted by molar-refractivity contribution is 0.143. The molecule has 0 aliphatic heterocycles. The first kappa shape index (κ1) is 13.2. The summed E-state index contributed by atoms with van der Waals surface area (Å²) in [5.41, 5.74) is 1.12. The molecule has 0 aromatic carbocycles. The molecule has 16 heavy (non-hydrogen) atoms. The van der Waals surface area contributed by atoms with Crippen LogP contribution in [0, 0.1) is 0 Å². The molecule has 0 bridgehead atoms. The van der Waals surface area contributed by atoms with E-state index in [0.717, 1.165) is 5.69 Å². The smallest absolute Gasteiger partial charge is 0.0616 e. The van der Waals surface area contributed by atoms with Gasteiger partial charge in [0.2, 0.25) is 0 Å². The minimum absolute atomic E-state index is 0.166. The highest BCUT2D eigenvalue weighted by molar-refractivity contribution is 5.05. The minimum atomic E-state index is 0.166. The second-order valence-electron chi connectivity index (χ2n) is 3.93. The van der Waals surface area contributed by atoms with Crippen molar-refractivity contribution in [3.05, 3.63) is 18.0 Å². The molecule has 0 saturated heterocycles. The number of nitrogens with one attached hydrogen (secondary N) is 1. The molecule has 0 saturated carbocycles. The van der Waals surface area contributed by atoms with Crippen LogP contribution >= 0.6 is 0 Å².